The van der Waals surface area contributed by atoms with E-state index >= 15 is 0 Å². The molecule has 2 rings (SSSR count). The van der Waals surface area contributed by atoms with Crippen molar-refractivity contribution in [1.82, 2.24) is 14.5 Å². The normalized spacial score (nSPS) is 13.0. The Kier molecular flexibility index (Phi) is 5.94. The molecule has 11 heteroatoms. The summed E-state index contributed by atoms with van der Waals surface area (Å²) in [6.45, 7) is 10.5. The Hall–Kier alpha value is -1.98. The minimum Gasteiger partial charge on any atom is -0.278 e. The van der Waals surface area contributed by atoms with Gasteiger partial charge in [-0.25, -0.2) is 25.9 Å². The number of halogens is 1. The Morgan fingerprint density at radius 3 is 2.21 bits per heavy atom. The molecule has 2 aromatic rings. The lowest BCUT2D eigenvalue weighted by Gasteiger charge is -2.21. The van der Waals surface area contributed by atoms with Crippen molar-refractivity contribution >= 4 is 25.7 Å². The molecule has 0 amide bonds. The summed E-state index contributed by atoms with van der Waals surface area (Å²) in [5.74, 6) is -0.799. The van der Waals surface area contributed by atoms with E-state index in [4.69, 9.17) is 0 Å². The van der Waals surface area contributed by atoms with Gasteiger partial charge in [0.25, 0.3) is 10.0 Å². The quantitative estimate of drug-likeness (QED) is 0.729. The molecule has 0 unspecified atom stereocenters. The lowest BCUT2D eigenvalue weighted by atomic mass is 10.1. The van der Waals surface area contributed by atoms with Crippen LogP contribution in [0, 0.1) is 19.7 Å². The third-order valence-corrected chi connectivity index (χ3v) is 7.14. The highest BCUT2D eigenvalue weighted by Crippen LogP contribution is 2.29. The first-order chi connectivity index (χ1) is 12.7. The highest BCUT2D eigenvalue weighted by atomic mass is 32.2. The zero-order valence-electron chi connectivity index (χ0n) is 16.7. The molecule has 0 radical (unpaired) electrons. The van der Waals surface area contributed by atoms with Crippen molar-refractivity contribution in [1.29, 1.82) is 0 Å². The number of aromatic nitrogens is 2. The lowest BCUT2D eigenvalue weighted by molar-refractivity contribution is 0.345. The molecule has 156 valence electrons. The lowest BCUT2D eigenvalue weighted by Crippen LogP contribution is -2.26. The predicted octanol–water partition coefficient (Wildman–Crippen LogP) is 2.49. The minimum absolute atomic E-state index is 0.0430. The SMILES string of the molecule is CCNS(=O)(=O)c1cc(F)ccc1NS(=O)(=O)c1c(C)nn(C(C)(C)C)c1C. The largest absolute Gasteiger partial charge is 0.278 e. The van der Waals surface area contributed by atoms with Crippen LogP contribution < -0.4 is 9.44 Å². The Morgan fingerprint density at radius 2 is 1.71 bits per heavy atom. The van der Waals surface area contributed by atoms with Crippen LogP contribution in [0.4, 0.5) is 10.1 Å². The summed E-state index contributed by atoms with van der Waals surface area (Å²) >= 11 is 0. The van der Waals surface area contributed by atoms with Crippen LogP contribution in [0.15, 0.2) is 28.0 Å². The average Bonchev–Trinajstić information content (AvgIpc) is 2.84. The zero-order valence-corrected chi connectivity index (χ0v) is 18.3. The summed E-state index contributed by atoms with van der Waals surface area (Å²) in [5.41, 5.74) is -0.00335. The fourth-order valence-electron chi connectivity index (χ4n) is 2.94. The second-order valence-electron chi connectivity index (χ2n) is 7.33. The Balaban J connectivity index is 2.60. The van der Waals surface area contributed by atoms with E-state index in [9.17, 15) is 21.2 Å². The zero-order chi connectivity index (χ0) is 21.5. The fraction of sp³-hybridized carbons (Fsp3) is 0.471. The first kappa shape index (κ1) is 22.3. The van der Waals surface area contributed by atoms with Gasteiger partial charge in [-0.3, -0.25) is 9.40 Å². The second-order valence-corrected chi connectivity index (χ2v) is 10.7. The third kappa shape index (κ3) is 4.36. The highest BCUT2D eigenvalue weighted by Gasteiger charge is 2.30. The molecule has 0 aliphatic rings. The molecular formula is C17H25FN4O4S2. The summed E-state index contributed by atoms with van der Waals surface area (Å²) in [7, 11) is -8.27. The molecule has 1 heterocycles. The van der Waals surface area contributed by atoms with Gasteiger partial charge in [0.05, 0.1) is 22.6 Å². The number of rotatable bonds is 6. The van der Waals surface area contributed by atoms with Crippen molar-refractivity contribution < 1.29 is 21.2 Å². The van der Waals surface area contributed by atoms with Gasteiger partial charge >= 0.3 is 0 Å². The number of anilines is 1. The van der Waals surface area contributed by atoms with E-state index in [1.807, 2.05) is 20.8 Å². The number of nitrogens with zero attached hydrogens (tertiary/aromatic N) is 2. The first-order valence-corrected chi connectivity index (χ1v) is 11.6. The van der Waals surface area contributed by atoms with Crippen LogP contribution in [0.25, 0.3) is 0 Å². The number of hydrogen-bond acceptors (Lipinski definition) is 5. The van der Waals surface area contributed by atoms with E-state index in [0.29, 0.717) is 5.69 Å². The van der Waals surface area contributed by atoms with Crippen molar-refractivity contribution in [3.8, 4) is 0 Å². The van der Waals surface area contributed by atoms with E-state index < -0.39 is 36.3 Å². The summed E-state index contributed by atoms with van der Waals surface area (Å²) in [4.78, 5) is -0.532. The number of hydrogen-bond donors (Lipinski definition) is 2. The standard InChI is InChI=1S/C17H25FN4O4S2/c1-7-19-27(23,24)15-10-13(18)8-9-14(15)21-28(25,26)16-11(2)20-22(12(16)3)17(4,5)6/h8-10,19,21H,7H2,1-6H3. The monoisotopic (exact) mass is 432 g/mol. The average molecular weight is 433 g/mol. The molecule has 1 aromatic carbocycles. The summed E-state index contributed by atoms with van der Waals surface area (Å²) in [5, 5.41) is 4.31. The van der Waals surface area contributed by atoms with Gasteiger partial charge in [0.15, 0.2) is 0 Å². The molecule has 28 heavy (non-hydrogen) atoms. The van der Waals surface area contributed by atoms with E-state index in [0.717, 1.165) is 18.2 Å². The van der Waals surface area contributed by atoms with Crippen LogP contribution in [0.5, 0.6) is 0 Å². The molecule has 0 bridgehead atoms. The summed E-state index contributed by atoms with van der Waals surface area (Å²) < 4.78 is 70.6. The molecule has 8 nitrogen and oxygen atoms in total. The van der Waals surface area contributed by atoms with Gasteiger partial charge in [-0.1, -0.05) is 6.92 Å². The van der Waals surface area contributed by atoms with E-state index in [2.05, 4.69) is 14.5 Å². The first-order valence-electron chi connectivity index (χ1n) is 8.59. The van der Waals surface area contributed by atoms with Crippen LogP contribution in [0.1, 0.15) is 39.1 Å². The maximum atomic E-state index is 13.7. The number of sulfonamides is 2. The van der Waals surface area contributed by atoms with E-state index in [1.54, 1.807) is 25.5 Å². The maximum Gasteiger partial charge on any atom is 0.265 e. The number of benzene rings is 1. The van der Waals surface area contributed by atoms with Crippen molar-refractivity contribution in [3.63, 3.8) is 0 Å². The van der Waals surface area contributed by atoms with Crippen molar-refractivity contribution in [3.05, 3.63) is 35.4 Å². The Bertz CT molecular complexity index is 1100. The van der Waals surface area contributed by atoms with Crippen LogP contribution >= 0.6 is 0 Å². The predicted molar refractivity (Wildman–Crippen MR) is 105 cm³/mol. The number of aryl methyl sites for hydroxylation is 1. The smallest absolute Gasteiger partial charge is 0.265 e. The van der Waals surface area contributed by atoms with Crippen molar-refractivity contribution in [2.75, 3.05) is 11.3 Å². The van der Waals surface area contributed by atoms with Gasteiger partial charge in [-0.15, -0.1) is 0 Å². The van der Waals surface area contributed by atoms with Crippen LogP contribution in [-0.2, 0) is 25.6 Å². The molecule has 2 N–H and O–H groups in total. The Morgan fingerprint density at radius 1 is 1.11 bits per heavy atom. The maximum absolute atomic E-state index is 13.7. The minimum atomic E-state index is -4.17. The van der Waals surface area contributed by atoms with Gasteiger partial charge in [0, 0.05) is 6.54 Å². The van der Waals surface area contributed by atoms with Gasteiger partial charge in [-0.2, -0.15) is 5.10 Å². The molecule has 0 aliphatic carbocycles. The van der Waals surface area contributed by atoms with Gasteiger partial charge in [-0.05, 0) is 52.8 Å². The summed E-state index contributed by atoms with van der Waals surface area (Å²) in [6, 6.07) is 2.84. The molecule has 1 aromatic heterocycles. The van der Waals surface area contributed by atoms with Crippen molar-refractivity contribution in [2.24, 2.45) is 0 Å². The van der Waals surface area contributed by atoms with Crippen LogP contribution in [-0.4, -0.2) is 33.2 Å². The highest BCUT2D eigenvalue weighted by molar-refractivity contribution is 7.93. The number of nitrogens with one attached hydrogen (secondary N) is 2. The molecule has 0 atom stereocenters. The molecule has 0 saturated carbocycles. The van der Waals surface area contributed by atoms with Crippen molar-refractivity contribution in [2.45, 2.75) is 56.9 Å². The molecule has 0 saturated heterocycles. The van der Waals surface area contributed by atoms with Crippen LogP contribution in [0.2, 0.25) is 0 Å². The molecule has 0 fully saturated rings. The Labute approximate surface area is 165 Å². The second kappa shape index (κ2) is 7.45. The third-order valence-electron chi connectivity index (χ3n) is 3.94. The van der Waals surface area contributed by atoms with E-state index in [-0.39, 0.29) is 22.8 Å². The fourth-order valence-corrected chi connectivity index (χ4v) is 5.69. The van der Waals surface area contributed by atoms with Gasteiger partial charge < -0.3 is 0 Å². The molecular weight excluding hydrogens is 407 g/mol. The molecule has 0 aliphatic heterocycles. The van der Waals surface area contributed by atoms with Crippen LogP contribution in [0.3, 0.4) is 0 Å². The topological polar surface area (TPSA) is 110 Å². The summed E-state index contributed by atoms with van der Waals surface area (Å²) in [6.07, 6.45) is 0. The molecule has 0 spiro atoms. The van der Waals surface area contributed by atoms with Gasteiger partial charge in [0.1, 0.15) is 15.6 Å². The van der Waals surface area contributed by atoms with Gasteiger partial charge in [0.2, 0.25) is 10.0 Å². The van der Waals surface area contributed by atoms with E-state index in [1.165, 1.54) is 0 Å².